The van der Waals surface area contributed by atoms with Crippen LogP contribution in [0.3, 0.4) is 0 Å². The van der Waals surface area contributed by atoms with Crippen molar-refractivity contribution in [1.29, 1.82) is 0 Å². The van der Waals surface area contributed by atoms with Gasteiger partial charge in [0.2, 0.25) is 0 Å². The van der Waals surface area contributed by atoms with E-state index in [4.69, 9.17) is 5.73 Å². The number of hydrogen-bond acceptors (Lipinski definition) is 2. The number of amides is 1. The second kappa shape index (κ2) is 4.05. The van der Waals surface area contributed by atoms with Gasteiger partial charge in [0.1, 0.15) is 0 Å². The third-order valence-electron chi connectivity index (χ3n) is 2.76. The number of aryl methyl sites for hydroxylation is 3. The highest BCUT2D eigenvalue weighted by Gasteiger charge is 2.13. The maximum absolute atomic E-state index is 11.1. The summed E-state index contributed by atoms with van der Waals surface area (Å²) in [6, 6.07) is 6.13. The lowest BCUT2D eigenvalue weighted by atomic mass is 10.0. The molecule has 0 aliphatic heterocycles. The van der Waals surface area contributed by atoms with Crippen LogP contribution in [0.4, 0.5) is 0 Å². The monoisotopic (exact) mass is 229 g/mol. The lowest BCUT2D eigenvalue weighted by Gasteiger charge is -2.04. The molecule has 0 unspecified atom stereocenters. The molecular weight excluding hydrogens is 214 g/mol. The largest absolute Gasteiger partial charge is 0.363 e. The van der Waals surface area contributed by atoms with E-state index in [-0.39, 0.29) is 5.82 Å². The van der Waals surface area contributed by atoms with Crippen LogP contribution < -0.4 is 5.73 Å². The SMILES string of the molecule is Cc1ccc(-c2nc(C(N)=O)[nH]c2C)c(C)c1. The van der Waals surface area contributed by atoms with Gasteiger partial charge in [-0.25, -0.2) is 4.98 Å². The molecule has 0 saturated heterocycles. The fraction of sp³-hybridized carbons (Fsp3) is 0.231. The molecule has 4 nitrogen and oxygen atoms in total. The molecule has 0 spiro atoms. The third-order valence-corrected chi connectivity index (χ3v) is 2.76. The summed E-state index contributed by atoms with van der Waals surface area (Å²) in [7, 11) is 0. The number of nitrogens with zero attached hydrogens (tertiary/aromatic N) is 1. The zero-order valence-electron chi connectivity index (χ0n) is 10.2. The molecule has 1 aromatic heterocycles. The van der Waals surface area contributed by atoms with Gasteiger partial charge in [0.25, 0.3) is 5.91 Å². The summed E-state index contributed by atoms with van der Waals surface area (Å²) in [6.45, 7) is 5.96. The average molecular weight is 229 g/mol. The van der Waals surface area contributed by atoms with E-state index in [0.717, 1.165) is 22.5 Å². The van der Waals surface area contributed by atoms with Crippen LogP contribution in [0.5, 0.6) is 0 Å². The van der Waals surface area contributed by atoms with Crippen molar-refractivity contribution in [3.63, 3.8) is 0 Å². The maximum Gasteiger partial charge on any atom is 0.284 e. The number of H-pyrrole nitrogens is 1. The normalized spacial score (nSPS) is 10.5. The molecule has 0 saturated carbocycles. The lowest BCUT2D eigenvalue weighted by Crippen LogP contribution is -2.12. The smallest absolute Gasteiger partial charge is 0.284 e. The zero-order valence-corrected chi connectivity index (χ0v) is 10.2. The second-order valence-electron chi connectivity index (χ2n) is 4.24. The summed E-state index contributed by atoms with van der Waals surface area (Å²) in [5.74, 6) is -0.332. The molecule has 88 valence electrons. The highest BCUT2D eigenvalue weighted by atomic mass is 16.1. The summed E-state index contributed by atoms with van der Waals surface area (Å²) in [4.78, 5) is 18.2. The lowest BCUT2D eigenvalue weighted by molar-refractivity contribution is 0.0991. The van der Waals surface area contributed by atoms with Crippen molar-refractivity contribution in [2.75, 3.05) is 0 Å². The molecule has 1 heterocycles. The van der Waals surface area contributed by atoms with Gasteiger partial charge in [0.05, 0.1) is 5.69 Å². The van der Waals surface area contributed by atoms with Crippen LogP contribution in [-0.2, 0) is 0 Å². The van der Waals surface area contributed by atoms with Crippen LogP contribution in [0.25, 0.3) is 11.3 Å². The van der Waals surface area contributed by atoms with E-state index in [1.54, 1.807) is 0 Å². The van der Waals surface area contributed by atoms with Crippen LogP contribution in [0.2, 0.25) is 0 Å². The minimum absolute atomic E-state index is 0.206. The number of aromatic nitrogens is 2. The molecule has 0 fully saturated rings. The third kappa shape index (κ3) is 2.06. The van der Waals surface area contributed by atoms with Crippen LogP contribution >= 0.6 is 0 Å². The highest BCUT2D eigenvalue weighted by Crippen LogP contribution is 2.25. The van der Waals surface area contributed by atoms with E-state index < -0.39 is 5.91 Å². The molecule has 2 rings (SSSR count). The number of hydrogen-bond donors (Lipinski definition) is 2. The number of imidazole rings is 1. The van der Waals surface area contributed by atoms with E-state index in [0.29, 0.717) is 0 Å². The molecule has 3 N–H and O–H groups in total. The first-order chi connectivity index (χ1) is 7.99. The number of nitrogens with one attached hydrogen (secondary N) is 1. The van der Waals surface area contributed by atoms with Gasteiger partial charge in [-0.3, -0.25) is 4.79 Å². The Hall–Kier alpha value is -2.10. The minimum Gasteiger partial charge on any atom is -0.363 e. The zero-order chi connectivity index (χ0) is 12.6. The van der Waals surface area contributed by atoms with Crippen LogP contribution in [-0.4, -0.2) is 15.9 Å². The van der Waals surface area contributed by atoms with Crippen LogP contribution in [0.15, 0.2) is 18.2 Å². The topological polar surface area (TPSA) is 71.8 Å². The predicted octanol–water partition coefficient (Wildman–Crippen LogP) is 2.10. The van der Waals surface area contributed by atoms with E-state index in [1.165, 1.54) is 5.56 Å². The first-order valence-corrected chi connectivity index (χ1v) is 5.43. The van der Waals surface area contributed by atoms with E-state index >= 15 is 0 Å². The van der Waals surface area contributed by atoms with Crippen molar-refractivity contribution in [2.24, 2.45) is 5.73 Å². The molecule has 17 heavy (non-hydrogen) atoms. The minimum atomic E-state index is -0.538. The average Bonchev–Trinajstić information content (AvgIpc) is 2.61. The number of aromatic amines is 1. The number of nitrogens with two attached hydrogens (primary N) is 1. The standard InChI is InChI=1S/C13H15N3O/c1-7-4-5-10(8(2)6-7)11-9(3)15-13(16-11)12(14)17/h4-6H,1-3H3,(H2,14,17)(H,15,16). The quantitative estimate of drug-likeness (QED) is 0.827. The molecule has 0 aliphatic rings. The summed E-state index contributed by atoms with van der Waals surface area (Å²) in [5.41, 5.74) is 10.2. The molecule has 0 bridgehead atoms. The first-order valence-electron chi connectivity index (χ1n) is 5.43. The van der Waals surface area contributed by atoms with Gasteiger partial charge < -0.3 is 10.7 Å². The Morgan fingerprint density at radius 1 is 1.29 bits per heavy atom. The summed E-state index contributed by atoms with van der Waals surface area (Å²) < 4.78 is 0. The van der Waals surface area contributed by atoms with Crippen molar-refractivity contribution in [3.8, 4) is 11.3 Å². The molecule has 1 amide bonds. The number of rotatable bonds is 2. The van der Waals surface area contributed by atoms with Gasteiger partial charge in [-0.1, -0.05) is 23.8 Å². The fourth-order valence-corrected chi connectivity index (χ4v) is 1.92. The maximum atomic E-state index is 11.1. The van der Waals surface area contributed by atoms with E-state index in [2.05, 4.69) is 16.0 Å². The van der Waals surface area contributed by atoms with Crippen molar-refractivity contribution in [3.05, 3.63) is 40.8 Å². The van der Waals surface area contributed by atoms with Crippen molar-refractivity contribution >= 4 is 5.91 Å². The van der Waals surface area contributed by atoms with Crippen LogP contribution in [0.1, 0.15) is 27.4 Å². The Labute approximate surface area is 99.9 Å². The number of carbonyl (C=O) groups is 1. The first kappa shape index (κ1) is 11.4. The molecule has 2 aromatic rings. The van der Waals surface area contributed by atoms with Crippen molar-refractivity contribution in [1.82, 2.24) is 9.97 Å². The second-order valence-corrected chi connectivity index (χ2v) is 4.24. The van der Waals surface area contributed by atoms with Crippen LogP contribution in [0, 0.1) is 20.8 Å². The Kier molecular flexibility index (Phi) is 2.71. The Balaban J connectivity index is 2.56. The molecule has 1 aromatic carbocycles. The number of carbonyl (C=O) groups excluding carboxylic acids is 1. The van der Waals surface area contributed by atoms with Crippen molar-refractivity contribution in [2.45, 2.75) is 20.8 Å². The van der Waals surface area contributed by atoms with Gasteiger partial charge in [-0.2, -0.15) is 0 Å². The van der Waals surface area contributed by atoms with Gasteiger partial charge in [0, 0.05) is 11.3 Å². The number of primary amides is 1. The number of benzene rings is 1. The molecule has 0 aliphatic carbocycles. The van der Waals surface area contributed by atoms with E-state index in [9.17, 15) is 4.79 Å². The Bertz CT molecular complexity index is 584. The van der Waals surface area contributed by atoms with Gasteiger partial charge in [-0.15, -0.1) is 0 Å². The predicted molar refractivity (Wildman–Crippen MR) is 66.8 cm³/mol. The van der Waals surface area contributed by atoms with Crippen molar-refractivity contribution < 1.29 is 4.79 Å². The van der Waals surface area contributed by atoms with Gasteiger partial charge in [-0.05, 0) is 26.3 Å². The summed E-state index contributed by atoms with van der Waals surface area (Å²) in [5, 5.41) is 0. The summed E-state index contributed by atoms with van der Waals surface area (Å²) in [6.07, 6.45) is 0. The Morgan fingerprint density at radius 3 is 2.53 bits per heavy atom. The molecular formula is C13H15N3O. The highest BCUT2D eigenvalue weighted by molar-refractivity contribution is 5.90. The summed E-state index contributed by atoms with van der Waals surface area (Å²) >= 11 is 0. The molecule has 0 atom stereocenters. The van der Waals surface area contributed by atoms with Gasteiger partial charge in [0.15, 0.2) is 5.82 Å². The van der Waals surface area contributed by atoms with Gasteiger partial charge >= 0.3 is 0 Å². The fourth-order valence-electron chi connectivity index (χ4n) is 1.92. The van der Waals surface area contributed by atoms with E-state index in [1.807, 2.05) is 32.9 Å². The Morgan fingerprint density at radius 2 is 2.00 bits per heavy atom. The molecule has 4 heteroatoms. The molecule has 0 radical (unpaired) electrons.